The molecule has 2 aliphatic heterocycles. The first-order chi connectivity index (χ1) is 9.56. The highest BCUT2D eigenvalue weighted by Crippen LogP contribution is 2.33. The standard InChI is InChI=1S/C13H10N2O4S/c1-7(16)15-9(12(17)14-13(15)20)4-8-2-3-10-11(5-8)19-6-18-10/h2-5H,6H2,1H3,(H,14,17,20)/b9-4+. The number of thiocarbonyl (C=S) groups is 1. The average Bonchev–Trinajstić information content (AvgIpc) is 2.94. The third-order valence-corrected chi connectivity index (χ3v) is 3.20. The summed E-state index contributed by atoms with van der Waals surface area (Å²) in [5, 5.41) is 2.54. The van der Waals surface area contributed by atoms with Crippen LogP contribution in [0, 0.1) is 0 Å². The van der Waals surface area contributed by atoms with Crippen molar-refractivity contribution in [2.75, 3.05) is 6.79 Å². The fraction of sp³-hybridized carbons (Fsp3) is 0.154. The van der Waals surface area contributed by atoms with Crippen molar-refractivity contribution in [2.24, 2.45) is 0 Å². The number of hydrogen-bond donors (Lipinski definition) is 1. The molecule has 0 radical (unpaired) electrons. The van der Waals surface area contributed by atoms with E-state index in [9.17, 15) is 9.59 Å². The number of ether oxygens (including phenoxy) is 2. The molecule has 1 fully saturated rings. The summed E-state index contributed by atoms with van der Waals surface area (Å²) in [6.07, 6.45) is 1.58. The zero-order chi connectivity index (χ0) is 14.3. The number of nitrogens with zero attached hydrogens (tertiary/aromatic N) is 1. The van der Waals surface area contributed by atoms with Gasteiger partial charge in [0, 0.05) is 6.92 Å². The fourth-order valence-corrected chi connectivity index (χ4v) is 2.35. The van der Waals surface area contributed by atoms with Crippen LogP contribution in [0.3, 0.4) is 0 Å². The van der Waals surface area contributed by atoms with E-state index < -0.39 is 5.91 Å². The molecule has 3 rings (SSSR count). The summed E-state index contributed by atoms with van der Waals surface area (Å²) >= 11 is 4.95. The monoisotopic (exact) mass is 290 g/mol. The summed E-state index contributed by atoms with van der Waals surface area (Å²) in [4.78, 5) is 24.5. The van der Waals surface area contributed by atoms with E-state index in [0.29, 0.717) is 11.5 Å². The van der Waals surface area contributed by atoms with E-state index in [4.69, 9.17) is 21.7 Å². The molecular weight excluding hydrogens is 280 g/mol. The third kappa shape index (κ3) is 2.01. The van der Waals surface area contributed by atoms with Crippen LogP contribution < -0.4 is 14.8 Å². The molecule has 1 aromatic carbocycles. The molecule has 1 N–H and O–H groups in total. The Labute approximate surface area is 120 Å². The molecule has 7 heteroatoms. The largest absolute Gasteiger partial charge is 0.454 e. The minimum atomic E-state index is -0.400. The van der Waals surface area contributed by atoms with E-state index in [-0.39, 0.29) is 23.5 Å². The fourth-order valence-electron chi connectivity index (χ4n) is 2.03. The van der Waals surface area contributed by atoms with Gasteiger partial charge in [-0.05, 0) is 36.0 Å². The van der Waals surface area contributed by atoms with Crippen LogP contribution >= 0.6 is 12.2 Å². The molecule has 0 aromatic heterocycles. The highest BCUT2D eigenvalue weighted by molar-refractivity contribution is 7.80. The maximum Gasteiger partial charge on any atom is 0.274 e. The van der Waals surface area contributed by atoms with Crippen LogP contribution in [0.2, 0.25) is 0 Å². The van der Waals surface area contributed by atoms with Gasteiger partial charge in [0.25, 0.3) is 5.91 Å². The minimum Gasteiger partial charge on any atom is -0.454 e. The van der Waals surface area contributed by atoms with Gasteiger partial charge < -0.3 is 9.47 Å². The number of hydrogen-bond acceptors (Lipinski definition) is 5. The van der Waals surface area contributed by atoms with E-state index in [2.05, 4.69) is 5.32 Å². The second-order valence-corrected chi connectivity index (χ2v) is 4.64. The molecule has 0 atom stereocenters. The van der Waals surface area contributed by atoms with Gasteiger partial charge >= 0.3 is 0 Å². The molecule has 1 aromatic rings. The Balaban J connectivity index is 2.00. The van der Waals surface area contributed by atoms with Gasteiger partial charge in [0.1, 0.15) is 5.70 Å². The smallest absolute Gasteiger partial charge is 0.274 e. The molecule has 0 unspecified atom stereocenters. The Morgan fingerprint density at radius 1 is 1.40 bits per heavy atom. The Morgan fingerprint density at radius 2 is 2.15 bits per heavy atom. The first-order valence-electron chi connectivity index (χ1n) is 5.83. The van der Waals surface area contributed by atoms with Crippen molar-refractivity contribution in [3.8, 4) is 11.5 Å². The van der Waals surface area contributed by atoms with Crippen molar-refractivity contribution in [1.29, 1.82) is 0 Å². The molecule has 20 heavy (non-hydrogen) atoms. The zero-order valence-electron chi connectivity index (χ0n) is 10.5. The van der Waals surface area contributed by atoms with E-state index in [1.807, 2.05) is 0 Å². The van der Waals surface area contributed by atoms with Crippen LogP contribution in [-0.2, 0) is 9.59 Å². The SMILES string of the molecule is CC(=O)N1C(=S)NC(=O)/C1=C\c1ccc2c(c1)OCO2. The normalized spacial score (nSPS) is 18.6. The van der Waals surface area contributed by atoms with Gasteiger partial charge in [0.2, 0.25) is 12.7 Å². The van der Waals surface area contributed by atoms with Crippen molar-refractivity contribution in [2.45, 2.75) is 6.92 Å². The maximum atomic E-state index is 11.8. The molecule has 0 spiro atoms. The summed E-state index contributed by atoms with van der Waals surface area (Å²) in [6, 6.07) is 5.26. The molecular formula is C13H10N2O4S. The van der Waals surface area contributed by atoms with Gasteiger partial charge in [-0.3, -0.25) is 19.8 Å². The van der Waals surface area contributed by atoms with Crippen molar-refractivity contribution in [3.05, 3.63) is 29.5 Å². The number of amides is 2. The molecule has 2 aliphatic rings. The van der Waals surface area contributed by atoms with Gasteiger partial charge in [-0.15, -0.1) is 0 Å². The van der Waals surface area contributed by atoms with E-state index in [0.717, 1.165) is 5.56 Å². The van der Waals surface area contributed by atoms with Gasteiger partial charge in [-0.25, -0.2) is 0 Å². The van der Waals surface area contributed by atoms with Crippen LogP contribution in [0.15, 0.2) is 23.9 Å². The second kappa shape index (κ2) is 4.61. The van der Waals surface area contributed by atoms with Crippen molar-refractivity contribution >= 4 is 35.2 Å². The van der Waals surface area contributed by atoms with Crippen LogP contribution in [0.4, 0.5) is 0 Å². The average molecular weight is 290 g/mol. The summed E-state index contributed by atoms with van der Waals surface area (Å²) < 4.78 is 10.5. The molecule has 1 saturated heterocycles. The summed E-state index contributed by atoms with van der Waals surface area (Å²) in [6.45, 7) is 1.53. The lowest BCUT2D eigenvalue weighted by molar-refractivity contribution is -0.125. The molecule has 0 bridgehead atoms. The predicted molar refractivity (Wildman–Crippen MR) is 73.8 cm³/mol. The quantitative estimate of drug-likeness (QED) is 0.618. The van der Waals surface area contributed by atoms with Gasteiger partial charge in [0.15, 0.2) is 16.6 Å². The van der Waals surface area contributed by atoms with E-state index >= 15 is 0 Å². The molecule has 2 amide bonds. The molecule has 0 saturated carbocycles. The van der Waals surface area contributed by atoms with Crippen molar-refractivity contribution in [3.63, 3.8) is 0 Å². The Morgan fingerprint density at radius 3 is 2.90 bits per heavy atom. The second-order valence-electron chi connectivity index (χ2n) is 4.26. The molecule has 6 nitrogen and oxygen atoms in total. The minimum absolute atomic E-state index is 0.0921. The van der Waals surface area contributed by atoms with E-state index in [1.165, 1.54) is 11.8 Å². The van der Waals surface area contributed by atoms with Crippen LogP contribution in [-0.4, -0.2) is 28.6 Å². The summed E-state index contributed by atoms with van der Waals surface area (Å²) in [7, 11) is 0. The lowest BCUT2D eigenvalue weighted by atomic mass is 10.1. The number of benzene rings is 1. The number of nitrogens with one attached hydrogen (secondary N) is 1. The summed E-state index contributed by atoms with van der Waals surface area (Å²) in [5.41, 5.74) is 0.914. The lowest BCUT2D eigenvalue weighted by Gasteiger charge is -2.12. The number of carbonyl (C=O) groups is 2. The van der Waals surface area contributed by atoms with Crippen molar-refractivity contribution < 1.29 is 19.1 Å². The zero-order valence-corrected chi connectivity index (χ0v) is 11.3. The highest BCUT2D eigenvalue weighted by Gasteiger charge is 2.33. The number of fused-ring (bicyclic) bond motifs is 1. The third-order valence-electron chi connectivity index (χ3n) is 2.91. The first kappa shape index (κ1) is 12.6. The van der Waals surface area contributed by atoms with Crippen LogP contribution in [0.25, 0.3) is 6.08 Å². The highest BCUT2D eigenvalue weighted by atomic mass is 32.1. The number of carbonyl (C=O) groups excluding carboxylic acids is 2. The van der Waals surface area contributed by atoms with Gasteiger partial charge in [-0.2, -0.15) is 0 Å². The lowest BCUT2D eigenvalue weighted by Crippen LogP contribution is -2.31. The molecule has 0 aliphatic carbocycles. The summed E-state index contributed by atoms with van der Waals surface area (Å²) in [5.74, 6) is 0.542. The first-order valence-corrected chi connectivity index (χ1v) is 6.24. The molecule has 2 heterocycles. The van der Waals surface area contributed by atoms with Crippen molar-refractivity contribution in [1.82, 2.24) is 10.2 Å². The topological polar surface area (TPSA) is 67.9 Å². The Bertz CT molecular complexity index is 668. The van der Waals surface area contributed by atoms with Gasteiger partial charge in [-0.1, -0.05) is 6.07 Å². The van der Waals surface area contributed by atoms with Crippen LogP contribution in [0.5, 0.6) is 11.5 Å². The Kier molecular flexibility index (Phi) is 2.90. The van der Waals surface area contributed by atoms with Gasteiger partial charge in [0.05, 0.1) is 0 Å². The van der Waals surface area contributed by atoms with E-state index in [1.54, 1.807) is 24.3 Å². The predicted octanol–water partition coefficient (Wildman–Crippen LogP) is 1.02. The van der Waals surface area contributed by atoms with Crippen LogP contribution in [0.1, 0.15) is 12.5 Å². The maximum absolute atomic E-state index is 11.8. The number of rotatable bonds is 1. The molecule has 102 valence electrons. The Hall–Kier alpha value is -2.41.